The molecule has 0 saturated heterocycles. The lowest BCUT2D eigenvalue weighted by molar-refractivity contribution is 0.355. The molecule has 5 N–H and O–H groups in total. The van der Waals surface area contributed by atoms with Gasteiger partial charge in [0.05, 0.1) is 7.11 Å². The van der Waals surface area contributed by atoms with Gasteiger partial charge in [-0.2, -0.15) is 9.98 Å². The molecule has 0 aromatic rings. The van der Waals surface area contributed by atoms with Crippen LogP contribution in [0, 0.1) is 0 Å². The zero-order valence-electron chi connectivity index (χ0n) is 6.87. The minimum atomic E-state index is -1.31. The predicted molar refractivity (Wildman–Crippen MR) is 49.6 cm³/mol. The van der Waals surface area contributed by atoms with Gasteiger partial charge in [0, 0.05) is 0 Å². The molecule has 0 amide bonds. The largest absolute Gasteiger partial charge is 0.467 e. The van der Waals surface area contributed by atoms with Gasteiger partial charge in [-0.25, -0.2) is 0 Å². The van der Waals surface area contributed by atoms with Crippen LogP contribution < -0.4 is 16.8 Å². The van der Waals surface area contributed by atoms with Gasteiger partial charge < -0.3 is 10.1 Å². The molecule has 0 bridgehead atoms. The summed E-state index contributed by atoms with van der Waals surface area (Å²) in [7, 11) is 1.46. The SMILES string of the molecule is COC1=NC(N)(N)NC(SC)=N1. The minimum Gasteiger partial charge on any atom is -0.467 e. The Kier molecular flexibility index (Phi) is 2.55. The molecular formula is C5H11N5OS. The molecule has 0 saturated carbocycles. The molecule has 0 aliphatic carbocycles. The average Bonchev–Trinajstić information content (AvgIpc) is 2.01. The van der Waals surface area contributed by atoms with Crippen LogP contribution in [0.25, 0.3) is 0 Å². The molecule has 12 heavy (non-hydrogen) atoms. The molecule has 1 heterocycles. The van der Waals surface area contributed by atoms with E-state index in [4.69, 9.17) is 16.2 Å². The van der Waals surface area contributed by atoms with Crippen molar-refractivity contribution in [3.63, 3.8) is 0 Å². The lowest BCUT2D eigenvalue weighted by Crippen LogP contribution is -2.63. The first-order valence-corrected chi connectivity index (χ1v) is 4.42. The third-order valence-corrected chi connectivity index (χ3v) is 1.74. The lowest BCUT2D eigenvalue weighted by atomic mass is 10.6. The number of thioether (sulfide) groups is 1. The first-order chi connectivity index (χ1) is 5.57. The van der Waals surface area contributed by atoms with Crippen molar-refractivity contribution in [2.75, 3.05) is 13.4 Å². The van der Waals surface area contributed by atoms with Crippen molar-refractivity contribution in [1.82, 2.24) is 5.32 Å². The molecule has 0 atom stereocenters. The number of amidine groups is 2. The van der Waals surface area contributed by atoms with Gasteiger partial charge in [0.15, 0.2) is 5.17 Å². The van der Waals surface area contributed by atoms with Crippen LogP contribution >= 0.6 is 11.8 Å². The Morgan fingerprint density at radius 3 is 2.75 bits per heavy atom. The maximum absolute atomic E-state index is 5.51. The van der Waals surface area contributed by atoms with Crippen LogP contribution in [0.5, 0.6) is 0 Å². The second-order valence-electron chi connectivity index (χ2n) is 2.17. The van der Waals surface area contributed by atoms with E-state index in [0.717, 1.165) is 0 Å². The van der Waals surface area contributed by atoms with Gasteiger partial charge in [-0.15, -0.1) is 0 Å². The van der Waals surface area contributed by atoms with Crippen molar-refractivity contribution in [2.24, 2.45) is 21.5 Å². The quantitative estimate of drug-likeness (QED) is 0.417. The summed E-state index contributed by atoms with van der Waals surface area (Å²) in [6.45, 7) is 0. The molecule has 0 aromatic heterocycles. The van der Waals surface area contributed by atoms with Gasteiger partial charge >= 0.3 is 6.02 Å². The summed E-state index contributed by atoms with van der Waals surface area (Å²) in [5.41, 5.74) is 11.0. The molecular weight excluding hydrogens is 178 g/mol. The van der Waals surface area contributed by atoms with E-state index < -0.39 is 5.91 Å². The van der Waals surface area contributed by atoms with E-state index in [2.05, 4.69) is 15.3 Å². The minimum absolute atomic E-state index is 0.183. The molecule has 0 unspecified atom stereocenters. The molecule has 0 aromatic carbocycles. The summed E-state index contributed by atoms with van der Waals surface area (Å²) < 4.78 is 4.81. The summed E-state index contributed by atoms with van der Waals surface area (Å²) in [5.74, 6) is -1.31. The molecule has 0 radical (unpaired) electrons. The van der Waals surface area contributed by atoms with Crippen molar-refractivity contribution in [3.05, 3.63) is 0 Å². The number of nitrogens with zero attached hydrogens (tertiary/aromatic N) is 2. The first-order valence-electron chi connectivity index (χ1n) is 3.20. The fourth-order valence-corrected chi connectivity index (χ4v) is 1.12. The normalized spacial score (nSPS) is 20.7. The van der Waals surface area contributed by atoms with Crippen LogP contribution in [0.1, 0.15) is 0 Å². The highest BCUT2D eigenvalue weighted by Crippen LogP contribution is 2.05. The van der Waals surface area contributed by atoms with Gasteiger partial charge in [-0.1, -0.05) is 11.8 Å². The van der Waals surface area contributed by atoms with Crippen molar-refractivity contribution in [3.8, 4) is 0 Å². The van der Waals surface area contributed by atoms with Crippen molar-refractivity contribution < 1.29 is 4.74 Å². The fourth-order valence-electron chi connectivity index (χ4n) is 0.685. The van der Waals surface area contributed by atoms with E-state index in [-0.39, 0.29) is 6.02 Å². The monoisotopic (exact) mass is 189 g/mol. The number of hydrogen-bond donors (Lipinski definition) is 3. The third kappa shape index (κ3) is 2.10. The zero-order valence-corrected chi connectivity index (χ0v) is 7.68. The summed E-state index contributed by atoms with van der Waals surface area (Å²) in [5, 5.41) is 3.30. The Balaban J connectivity index is 2.86. The number of ether oxygens (including phenoxy) is 1. The number of hydrogen-bond acceptors (Lipinski definition) is 7. The topological polar surface area (TPSA) is 98.0 Å². The average molecular weight is 189 g/mol. The third-order valence-electron chi connectivity index (χ3n) is 1.16. The van der Waals surface area contributed by atoms with E-state index >= 15 is 0 Å². The molecule has 1 rings (SSSR count). The molecule has 7 heteroatoms. The van der Waals surface area contributed by atoms with Gasteiger partial charge in [0.25, 0.3) is 0 Å². The van der Waals surface area contributed by atoms with Crippen LogP contribution in [0.2, 0.25) is 0 Å². The molecule has 68 valence electrons. The highest BCUT2D eigenvalue weighted by atomic mass is 32.2. The summed E-state index contributed by atoms with van der Waals surface area (Å²) in [6.07, 6.45) is 1.85. The van der Waals surface area contributed by atoms with Crippen LogP contribution in [0.15, 0.2) is 9.98 Å². The number of methoxy groups -OCH3 is 1. The predicted octanol–water partition coefficient (Wildman–Crippen LogP) is -1.16. The maximum atomic E-state index is 5.51. The van der Waals surface area contributed by atoms with Crippen molar-refractivity contribution >= 4 is 23.0 Å². The molecule has 6 nitrogen and oxygen atoms in total. The first kappa shape index (κ1) is 9.30. The Morgan fingerprint density at radius 2 is 2.25 bits per heavy atom. The number of nitrogens with two attached hydrogens (primary N) is 2. The maximum Gasteiger partial charge on any atom is 0.318 e. The zero-order chi connectivity index (χ0) is 9.19. The highest BCUT2D eigenvalue weighted by Gasteiger charge is 2.24. The standard InChI is InChI=1S/C5H11N5OS/c1-11-3-8-4(12-2)10-5(6,7)9-3/h6-7H2,1-2H3,(H,8,9,10). The number of aliphatic imine (C=N–C) groups is 2. The van der Waals surface area contributed by atoms with E-state index in [1.54, 1.807) is 0 Å². The van der Waals surface area contributed by atoms with E-state index in [9.17, 15) is 0 Å². The van der Waals surface area contributed by atoms with Crippen LogP contribution in [-0.2, 0) is 4.74 Å². The van der Waals surface area contributed by atoms with Crippen LogP contribution in [0.4, 0.5) is 0 Å². The van der Waals surface area contributed by atoms with Crippen LogP contribution in [0.3, 0.4) is 0 Å². The van der Waals surface area contributed by atoms with Gasteiger partial charge in [0.2, 0.25) is 5.91 Å². The molecule has 0 spiro atoms. The van der Waals surface area contributed by atoms with E-state index in [0.29, 0.717) is 5.17 Å². The summed E-state index contributed by atoms with van der Waals surface area (Å²) in [6, 6.07) is 0.183. The van der Waals surface area contributed by atoms with Gasteiger partial charge in [-0.05, 0) is 6.26 Å². The van der Waals surface area contributed by atoms with Gasteiger partial charge in [0.1, 0.15) is 0 Å². The molecule has 1 aliphatic heterocycles. The lowest BCUT2D eigenvalue weighted by Gasteiger charge is -2.25. The second kappa shape index (κ2) is 3.30. The Morgan fingerprint density at radius 1 is 1.58 bits per heavy atom. The van der Waals surface area contributed by atoms with E-state index in [1.165, 1.54) is 18.9 Å². The smallest absolute Gasteiger partial charge is 0.318 e. The van der Waals surface area contributed by atoms with Gasteiger partial charge in [-0.3, -0.25) is 11.5 Å². The Labute approximate surface area is 74.5 Å². The second-order valence-corrected chi connectivity index (χ2v) is 2.96. The Bertz CT molecular complexity index is 236. The molecule has 0 fully saturated rings. The molecule has 1 aliphatic rings. The van der Waals surface area contributed by atoms with Crippen molar-refractivity contribution in [1.29, 1.82) is 0 Å². The fraction of sp³-hybridized carbons (Fsp3) is 0.600. The van der Waals surface area contributed by atoms with Crippen molar-refractivity contribution in [2.45, 2.75) is 5.91 Å². The highest BCUT2D eigenvalue weighted by molar-refractivity contribution is 8.13. The number of nitrogens with one attached hydrogen (secondary N) is 1. The Hall–Kier alpha value is -0.790. The number of rotatable bonds is 0. The van der Waals surface area contributed by atoms with E-state index in [1.807, 2.05) is 6.26 Å². The summed E-state index contributed by atoms with van der Waals surface area (Å²) >= 11 is 1.39. The van der Waals surface area contributed by atoms with Crippen LogP contribution in [-0.4, -0.2) is 30.5 Å². The summed E-state index contributed by atoms with van der Waals surface area (Å²) in [4.78, 5) is 7.72.